The highest BCUT2D eigenvalue weighted by Gasteiger charge is 2.22. The fourth-order valence-corrected chi connectivity index (χ4v) is 4.85. The van der Waals surface area contributed by atoms with Crippen molar-refractivity contribution in [2.45, 2.75) is 37.5 Å². The number of rotatable bonds is 8. The van der Waals surface area contributed by atoms with Crippen molar-refractivity contribution in [1.29, 1.82) is 0 Å². The van der Waals surface area contributed by atoms with Crippen molar-refractivity contribution in [2.75, 3.05) is 19.3 Å². The quantitative estimate of drug-likeness (QED) is 0.770. The van der Waals surface area contributed by atoms with E-state index in [4.69, 9.17) is 0 Å². The van der Waals surface area contributed by atoms with Gasteiger partial charge in [0.25, 0.3) is 0 Å². The minimum atomic E-state index is -3.41. The van der Waals surface area contributed by atoms with E-state index >= 15 is 0 Å². The van der Waals surface area contributed by atoms with Crippen LogP contribution in [-0.4, -0.2) is 33.0 Å². The Morgan fingerprint density at radius 1 is 1.47 bits per heavy atom. The molecule has 0 saturated carbocycles. The van der Waals surface area contributed by atoms with Crippen molar-refractivity contribution in [3.63, 3.8) is 0 Å². The van der Waals surface area contributed by atoms with Crippen LogP contribution in [0.25, 0.3) is 0 Å². The van der Waals surface area contributed by atoms with Gasteiger partial charge in [-0.2, -0.15) is 11.8 Å². The van der Waals surface area contributed by atoms with Crippen LogP contribution in [0.15, 0.2) is 10.3 Å². The summed E-state index contributed by atoms with van der Waals surface area (Å²) in [6.45, 7) is 7.74. The summed E-state index contributed by atoms with van der Waals surface area (Å²) in [6, 6.07) is 0. The summed E-state index contributed by atoms with van der Waals surface area (Å²) in [6.07, 6.45) is 1.98. The molecule has 1 atom stereocenters. The maximum Gasteiger partial charge on any atom is 0.242 e. The van der Waals surface area contributed by atoms with E-state index in [0.717, 1.165) is 17.0 Å². The van der Waals surface area contributed by atoms with Crippen molar-refractivity contribution < 1.29 is 8.42 Å². The van der Waals surface area contributed by atoms with Crippen LogP contribution < -0.4 is 10.0 Å². The van der Waals surface area contributed by atoms with Gasteiger partial charge in [-0.05, 0) is 30.7 Å². The summed E-state index contributed by atoms with van der Waals surface area (Å²) in [5, 5.41) is 5.35. The molecule has 1 rings (SSSR count). The molecule has 1 unspecified atom stereocenters. The molecule has 2 N–H and O–H groups in total. The number of thioether (sulfide) groups is 1. The Labute approximate surface area is 124 Å². The summed E-state index contributed by atoms with van der Waals surface area (Å²) in [4.78, 5) is 1.33. The first-order valence-electron chi connectivity index (χ1n) is 6.22. The number of thiophene rings is 1. The second kappa shape index (κ2) is 7.64. The van der Waals surface area contributed by atoms with Crippen LogP contribution in [0.4, 0.5) is 0 Å². The zero-order valence-corrected chi connectivity index (χ0v) is 14.3. The standard InChI is InChI=1S/C12H22N2O2S3/c1-5-13-7-11-12(9(2)8-18-11)19(15,16)14-6-10(3)17-4/h8,10,13-14H,5-7H2,1-4H3. The fourth-order valence-electron chi connectivity index (χ4n) is 1.59. The normalized spacial score (nSPS) is 13.7. The number of nitrogens with one attached hydrogen (secondary N) is 2. The molecule has 1 aromatic heterocycles. The molecule has 0 aliphatic rings. The Balaban J connectivity index is 2.90. The van der Waals surface area contributed by atoms with Gasteiger partial charge < -0.3 is 5.32 Å². The third-order valence-corrected chi connectivity index (χ3v) is 6.61. The molecule has 19 heavy (non-hydrogen) atoms. The molecule has 0 aliphatic heterocycles. The van der Waals surface area contributed by atoms with E-state index in [0.29, 0.717) is 18.0 Å². The third-order valence-electron chi connectivity index (χ3n) is 2.76. The molecule has 1 aromatic rings. The first kappa shape index (κ1) is 17.0. The molecule has 110 valence electrons. The summed E-state index contributed by atoms with van der Waals surface area (Å²) in [5.74, 6) is 0. The zero-order valence-electron chi connectivity index (χ0n) is 11.8. The van der Waals surface area contributed by atoms with Crippen molar-refractivity contribution >= 4 is 33.1 Å². The van der Waals surface area contributed by atoms with E-state index in [-0.39, 0.29) is 5.25 Å². The van der Waals surface area contributed by atoms with Gasteiger partial charge in [-0.25, -0.2) is 13.1 Å². The van der Waals surface area contributed by atoms with E-state index in [9.17, 15) is 8.42 Å². The monoisotopic (exact) mass is 322 g/mol. The number of hydrogen-bond donors (Lipinski definition) is 2. The van der Waals surface area contributed by atoms with Crippen molar-refractivity contribution in [1.82, 2.24) is 10.0 Å². The Bertz CT molecular complexity index is 497. The molecule has 0 fully saturated rings. The van der Waals surface area contributed by atoms with Gasteiger partial charge in [0.2, 0.25) is 10.0 Å². The van der Waals surface area contributed by atoms with E-state index in [1.165, 1.54) is 11.3 Å². The highest BCUT2D eigenvalue weighted by Crippen LogP contribution is 2.26. The molecule has 4 nitrogen and oxygen atoms in total. The number of aryl methyl sites for hydroxylation is 1. The lowest BCUT2D eigenvalue weighted by atomic mass is 10.3. The van der Waals surface area contributed by atoms with Gasteiger partial charge in [0, 0.05) is 23.2 Å². The van der Waals surface area contributed by atoms with Crippen LogP contribution >= 0.6 is 23.1 Å². The van der Waals surface area contributed by atoms with Crippen molar-refractivity contribution in [2.24, 2.45) is 0 Å². The smallest absolute Gasteiger partial charge is 0.242 e. The van der Waals surface area contributed by atoms with E-state index in [1.807, 2.05) is 32.4 Å². The first-order chi connectivity index (χ1) is 8.92. The molecule has 7 heteroatoms. The fraction of sp³-hybridized carbons (Fsp3) is 0.667. The lowest BCUT2D eigenvalue weighted by Gasteiger charge is -2.12. The zero-order chi connectivity index (χ0) is 14.5. The van der Waals surface area contributed by atoms with Gasteiger partial charge in [-0.1, -0.05) is 13.8 Å². The summed E-state index contributed by atoms with van der Waals surface area (Å²) in [7, 11) is -3.41. The molecule has 0 saturated heterocycles. The second-order valence-corrected chi connectivity index (χ2v) is 8.29. The van der Waals surface area contributed by atoms with Gasteiger partial charge in [0.1, 0.15) is 4.90 Å². The van der Waals surface area contributed by atoms with Crippen LogP contribution in [0.3, 0.4) is 0 Å². The third kappa shape index (κ3) is 4.75. The minimum Gasteiger partial charge on any atom is -0.312 e. The van der Waals surface area contributed by atoms with Crippen LogP contribution in [0.5, 0.6) is 0 Å². The number of sulfonamides is 1. The molecule has 0 aromatic carbocycles. The highest BCUT2D eigenvalue weighted by atomic mass is 32.2. The lowest BCUT2D eigenvalue weighted by Crippen LogP contribution is -2.30. The Morgan fingerprint density at radius 2 is 2.16 bits per heavy atom. The van der Waals surface area contributed by atoms with E-state index in [1.54, 1.807) is 11.8 Å². The van der Waals surface area contributed by atoms with Crippen LogP contribution in [0, 0.1) is 6.92 Å². The van der Waals surface area contributed by atoms with Gasteiger partial charge in [-0.15, -0.1) is 11.3 Å². The molecule has 0 aliphatic carbocycles. The largest absolute Gasteiger partial charge is 0.312 e. The molecule has 1 heterocycles. The molecule has 0 bridgehead atoms. The van der Waals surface area contributed by atoms with Gasteiger partial charge in [-0.3, -0.25) is 0 Å². The molecule has 0 amide bonds. The van der Waals surface area contributed by atoms with E-state index < -0.39 is 10.0 Å². The SMILES string of the molecule is CCNCc1scc(C)c1S(=O)(=O)NCC(C)SC. The Hall–Kier alpha value is -0.0800. The Kier molecular flexibility index (Phi) is 6.82. The van der Waals surface area contributed by atoms with Gasteiger partial charge >= 0.3 is 0 Å². The maximum absolute atomic E-state index is 12.4. The molecule has 0 radical (unpaired) electrons. The maximum atomic E-state index is 12.4. The number of hydrogen-bond acceptors (Lipinski definition) is 5. The Morgan fingerprint density at radius 3 is 2.74 bits per heavy atom. The first-order valence-corrected chi connectivity index (χ1v) is 9.87. The summed E-state index contributed by atoms with van der Waals surface area (Å²) < 4.78 is 27.5. The predicted octanol–water partition coefficient (Wildman–Crippen LogP) is 2.20. The molecular formula is C12H22N2O2S3. The summed E-state index contributed by atoms with van der Waals surface area (Å²) in [5.41, 5.74) is 0.821. The van der Waals surface area contributed by atoms with Crippen LogP contribution in [-0.2, 0) is 16.6 Å². The van der Waals surface area contributed by atoms with Crippen LogP contribution in [0.1, 0.15) is 24.3 Å². The van der Waals surface area contributed by atoms with Gasteiger partial charge in [0.15, 0.2) is 0 Å². The predicted molar refractivity (Wildman–Crippen MR) is 84.6 cm³/mol. The van der Waals surface area contributed by atoms with Crippen molar-refractivity contribution in [3.05, 3.63) is 15.8 Å². The average molecular weight is 323 g/mol. The molecule has 0 spiro atoms. The highest BCUT2D eigenvalue weighted by molar-refractivity contribution is 7.99. The lowest BCUT2D eigenvalue weighted by molar-refractivity contribution is 0.579. The minimum absolute atomic E-state index is 0.269. The molecular weight excluding hydrogens is 300 g/mol. The van der Waals surface area contributed by atoms with Crippen LogP contribution in [0.2, 0.25) is 0 Å². The average Bonchev–Trinajstić information content (AvgIpc) is 2.75. The second-order valence-electron chi connectivity index (χ2n) is 4.35. The van der Waals surface area contributed by atoms with E-state index in [2.05, 4.69) is 10.0 Å². The van der Waals surface area contributed by atoms with Gasteiger partial charge in [0.05, 0.1) is 0 Å². The van der Waals surface area contributed by atoms with Crippen molar-refractivity contribution in [3.8, 4) is 0 Å². The summed E-state index contributed by atoms with van der Waals surface area (Å²) >= 11 is 3.14. The topological polar surface area (TPSA) is 58.2 Å².